The number of hydrogen-bond acceptors (Lipinski definition) is 24. The fourth-order valence-electron chi connectivity index (χ4n) is 15.9. The minimum atomic E-state index is -1.31. The molecule has 0 aliphatic carbocycles. The summed E-state index contributed by atoms with van der Waals surface area (Å²) >= 11 is 0. The molecule has 1 spiro atoms. The van der Waals surface area contributed by atoms with Gasteiger partial charge in [0.05, 0.1) is 118 Å². The lowest BCUT2D eigenvalue weighted by Gasteiger charge is -2.47. The number of benzene rings is 1. The van der Waals surface area contributed by atoms with Crippen LogP contribution in [0.25, 0.3) is 0 Å². The molecule has 1 aromatic rings. The van der Waals surface area contributed by atoms with Crippen LogP contribution in [0.1, 0.15) is 154 Å². The third kappa shape index (κ3) is 19.1. The van der Waals surface area contributed by atoms with Gasteiger partial charge in [0.2, 0.25) is 17.7 Å². The first kappa shape index (κ1) is 75.6. The van der Waals surface area contributed by atoms with Crippen molar-refractivity contribution in [3.8, 4) is 0 Å². The lowest BCUT2D eigenvalue weighted by atomic mass is 9.81. The first-order chi connectivity index (χ1) is 48.4. The van der Waals surface area contributed by atoms with Gasteiger partial charge in [-0.05, 0) is 86.5 Å². The molecule has 28 nitrogen and oxygen atoms in total. The predicted octanol–water partition coefficient (Wildman–Crippen LogP) is 3.77. The zero-order valence-electron chi connectivity index (χ0n) is 58.0. The molecule has 3 unspecified atom stereocenters. The van der Waals surface area contributed by atoms with E-state index in [9.17, 15) is 53.1 Å². The number of amides is 5. The van der Waals surface area contributed by atoms with E-state index in [1.165, 1.54) is 13.8 Å². The lowest BCUT2D eigenvalue weighted by molar-refractivity contribution is -0.292. The number of fused-ring (bicyclic) bond motifs is 6. The van der Waals surface area contributed by atoms with Gasteiger partial charge in [-0.2, -0.15) is 0 Å². The number of methoxy groups -OCH3 is 1. The van der Waals surface area contributed by atoms with Crippen LogP contribution in [-0.2, 0) is 123 Å². The second-order valence-electron chi connectivity index (χ2n) is 28.9. The van der Waals surface area contributed by atoms with Gasteiger partial charge in [0.1, 0.15) is 42.9 Å². The molecule has 11 aliphatic rings. The number of rotatable bonds is 29. The minimum Gasteiger partial charge on any atom is -0.461 e. The smallest absolute Gasteiger partial charge is 0.335 e. The Labute approximate surface area is 587 Å². The maximum Gasteiger partial charge on any atom is 0.335 e. The van der Waals surface area contributed by atoms with E-state index in [0.717, 1.165) is 55.4 Å². The van der Waals surface area contributed by atoms with E-state index in [1.54, 1.807) is 31.4 Å². The fourth-order valence-corrected chi connectivity index (χ4v) is 15.9. The van der Waals surface area contributed by atoms with Gasteiger partial charge in [-0.3, -0.25) is 43.2 Å². The maximum absolute atomic E-state index is 14.5. The Morgan fingerprint density at radius 2 is 1.38 bits per heavy atom. The Morgan fingerprint density at radius 1 is 0.693 bits per heavy atom. The van der Waals surface area contributed by atoms with Crippen molar-refractivity contribution in [1.29, 1.82) is 0 Å². The summed E-state index contributed by atoms with van der Waals surface area (Å²) in [4.78, 5) is 132. The van der Waals surface area contributed by atoms with E-state index in [2.05, 4.69) is 30.7 Å². The largest absolute Gasteiger partial charge is 0.461 e. The van der Waals surface area contributed by atoms with E-state index >= 15 is 0 Å². The Balaban J connectivity index is 0.619. The summed E-state index contributed by atoms with van der Waals surface area (Å²) in [5.41, 5.74) is 8.65. The van der Waals surface area contributed by atoms with Crippen LogP contribution < -0.4 is 16.4 Å². The second kappa shape index (κ2) is 33.9. The number of Topliss-reactive ketones (excluding diaryl/α,β-unsaturated/α-hetero) is 3. The van der Waals surface area contributed by atoms with E-state index in [0.29, 0.717) is 48.3 Å². The molecule has 10 saturated heterocycles. The fraction of sp³-hybridized carbons (Fsp3) is 0.699. The van der Waals surface area contributed by atoms with Crippen molar-refractivity contribution in [2.45, 2.75) is 271 Å². The van der Waals surface area contributed by atoms with Crippen molar-refractivity contribution >= 4 is 58.8 Å². The van der Waals surface area contributed by atoms with Crippen LogP contribution in [0.3, 0.4) is 0 Å². The Morgan fingerprint density at radius 3 is 2.12 bits per heavy atom. The van der Waals surface area contributed by atoms with E-state index in [-0.39, 0.29) is 164 Å². The summed E-state index contributed by atoms with van der Waals surface area (Å²) in [5.74, 6) is -8.04. The summed E-state index contributed by atoms with van der Waals surface area (Å²) < 4.78 is 77.1. The normalized spacial score (nSPS) is 34.0. The van der Waals surface area contributed by atoms with Gasteiger partial charge in [0.15, 0.2) is 17.4 Å². The number of ketones is 3. The molecule has 11 aliphatic heterocycles. The van der Waals surface area contributed by atoms with Crippen LogP contribution in [0.15, 0.2) is 60.7 Å². The van der Waals surface area contributed by atoms with Crippen LogP contribution in [0.5, 0.6) is 0 Å². The molecule has 28 heteroatoms. The highest BCUT2D eigenvalue weighted by molar-refractivity contribution is 6.12. The number of nitrogens with zero attached hydrogens (tertiary/aromatic N) is 1. The van der Waals surface area contributed by atoms with Crippen LogP contribution in [0.2, 0.25) is 0 Å². The average molecular weight is 1420 g/mol. The number of esters is 1. The molecule has 0 aromatic heterocycles. The highest BCUT2D eigenvalue weighted by Gasteiger charge is 2.69. The molecular weight excluding hydrogens is 1320 g/mol. The molecule has 554 valence electrons. The quantitative estimate of drug-likeness (QED) is 0.0384. The molecule has 0 saturated carbocycles. The number of aliphatic hydroxyl groups excluding tert-OH is 1. The van der Waals surface area contributed by atoms with Crippen molar-refractivity contribution in [3.63, 3.8) is 0 Å². The van der Waals surface area contributed by atoms with Gasteiger partial charge in [0, 0.05) is 95.3 Å². The molecule has 12 rings (SSSR count). The van der Waals surface area contributed by atoms with Crippen LogP contribution in [0.4, 0.5) is 0 Å². The summed E-state index contributed by atoms with van der Waals surface area (Å²) in [6.45, 7) is 14.0. The predicted molar refractivity (Wildman–Crippen MR) is 351 cm³/mol. The molecule has 5 amide bonds. The Kier molecular flexibility index (Phi) is 25.4. The number of nitrogens with two attached hydrogens (primary N) is 1. The monoisotopic (exact) mass is 1410 g/mol. The molecule has 0 radical (unpaired) electrons. The van der Waals surface area contributed by atoms with E-state index in [1.807, 2.05) is 0 Å². The summed E-state index contributed by atoms with van der Waals surface area (Å²) in [6.07, 6.45) is 1.98. The third-order valence-corrected chi connectivity index (χ3v) is 21.4. The summed E-state index contributed by atoms with van der Waals surface area (Å²) in [5, 5.41) is 17.0. The molecule has 1 aromatic carbocycles. The van der Waals surface area contributed by atoms with E-state index < -0.39 is 126 Å². The van der Waals surface area contributed by atoms with Crippen LogP contribution >= 0.6 is 0 Å². The summed E-state index contributed by atoms with van der Waals surface area (Å²) in [7, 11) is 1.59. The zero-order valence-corrected chi connectivity index (χ0v) is 58.0. The Bertz CT molecular complexity index is 3250. The number of imide groups is 1. The number of primary amides is 1. The number of carbonyl (C=O) groups excluding carboxylic acids is 10. The topological polar surface area (TPSA) is 364 Å². The van der Waals surface area contributed by atoms with Crippen molar-refractivity contribution in [2.75, 3.05) is 33.5 Å². The number of carbonyl (C=O) groups is 10. The first-order valence-corrected chi connectivity index (χ1v) is 35.8. The van der Waals surface area contributed by atoms with Crippen LogP contribution in [-0.4, -0.2) is 218 Å². The lowest BCUT2D eigenvalue weighted by Crippen LogP contribution is -2.61. The molecule has 12 bridgehead atoms. The van der Waals surface area contributed by atoms with Gasteiger partial charge in [0.25, 0.3) is 11.8 Å². The van der Waals surface area contributed by atoms with Gasteiger partial charge in [-0.25, -0.2) is 4.79 Å². The molecule has 101 heavy (non-hydrogen) atoms. The van der Waals surface area contributed by atoms with E-state index in [4.69, 9.17) is 67.4 Å². The molecule has 11 heterocycles. The van der Waals surface area contributed by atoms with Crippen molar-refractivity contribution in [1.82, 2.24) is 15.7 Å². The SMILES string of the molecule is C=C1C[C@@H]2CC[C@@]34CC5O[C@H]6[C@@H](O3)[C@H]3O[C@H](CC[C@@H]3O[C@H]6[C@H]5O4)CC(=O)CC3[C@H](C[C@H]4OC(CC[C@@H]1O2)C[C@@H](C)C4=C)O[C@H](C[C@H](O)CCC(=O)OCc1ccc(CC(=O)[C@H](CC(N)=O)NC(=O)[C@H](C)CC(=O)[C@H](C)NC(=O)CCOCCOCCC(=O)ON2C(=O)C=CC2=O)cc1)[C@@H]3OC. The number of aliphatic hydroxyl groups is 1. The number of hydrogen-bond donors (Lipinski definition) is 4. The highest BCUT2D eigenvalue weighted by Crippen LogP contribution is 2.55. The summed E-state index contributed by atoms with van der Waals surface area (Å²) in [6, 6.07) is 4.34. The molecule has 10 fully saturated rings. The van der Waals surface area contributed by atoms with Crippen molar-refractivity contribution < 1.29 is 115 Å². The van der Waals surface area contributed by atoms with Gasteiger partial charge >= 0.3 is 11.9 Å². The highest BCUT2D eigenvalue weighted by atomic mass is 16.8. The van der Waals surface area contributed by atoms with Gasteiger partial charge in [-0.15, -0.1) is 0 Å². The second-order valence-corrected chi connectivity index (χ2v) is 28.9. The average Bonchev–Trinajstić information content (AvgIpc) is 1.55. The molecular formula is C73H98N4O24. The first-order valence-electron chi connectivity index (χ1n) is 35.8. The van der Waals surface area contributed by atoms with Crippen LogP contribution in [0, 0.1) is 17.8 Å². The maximum atomic E-state index is 14.5. The minimum absolute atomic E-state index is 0.00285. The van der Waals surface area contributed by atoms with Gasteiger partial charge < -0.3 is 83.2 Å². The number of nitrogens with one attached hydrogen (secondary N) is 2. The molecule has 22 atom stereocenters. The van der Waals surface area contributed by atoms with Crippen molar-refractivity contribution in [3.05, 3.63) is 71.8 Å². The zero-order chi connectivity index (χ0) is 71.8. The third-order valence-electron chi connectivity index (χ3n) is 21.4. The Hall–Kier alpha value is -6.54. The number of ether oxygens (including phenoxy) is 12. The van der Waals surface area contributed by atoms with Crippen molar-refractivity contribution in [2.24, 2.45) is 23.5 Å². The van der Waals surface area contributed by atoms with Gasteiger partial charge in [-0.1, -0.05) is 56.3 Å². The number of hydroxylamine groups is 2. The molecule has 5 N–H and O–H groups in total. The standard InChI is InChI=1S/C73H98N4O24/c1-38-27-47-12-14-54-39(2)28-49(93-54)19-22-73-36-59-68(99-73)69-70(98-59)71(100-73)67-55(97-69)15-13-48(95-67)31-46(79)32-50-57(35-56(94-47)41(38)4)96-58(66(50)89-6)33-45(78)11-18-64(86)92-37-44-9-7-43(8-10-44)30-53(81)51(34-60(74)82)76-72(88)40(3)29-52(80)42(5)75-61(83)20-23-90-25-26-91-24-21-65(87)101-77-62(84)16-17-63(77)85/h7-10,16-17,38,40,42,45,47-51,54-59,66-71,78H,2,4,11-15,18-37H2,1,3,5-6H3,(H2,74,82)(H,75,83)(H,76,88)/t38-,40-,42+,45-,47?,48-,49+,50?,51+,54+,55+,56-,57+,58-,59?,66-,67+,68+,69+,70-,71+,73+/m1/s1.